The average Bonchev–Trinajstić information content (AvgIpc) is 2.97. The molecule has 1 aromatic rings. The third-order valence-electron chi connectivity index (χ3n) is 3.64. The van der Waals surface area contributed by atoms with Crippen LogP contribution in [0.3, 0.4) is 0 Å². The van der Waals surface area contributed by atoms with Crippen LogP contribution < -0.4 is 15.8 Å². The Morgan fingerprint density at radius 3 is 2.76 bits per heavy atom. The van der Waals surface area contributed by atoms with E-state index in [1.165, 1.54) is 18.9 Å². The van der Waals surface area contributed by atoms with Crippen molar-refractivity contribution in [2.75, 3.05) is 30.8 Å². The van der Waals surface area contributed by atoms with Gasteiger partial charge in [0, 0.05) is 18.7 Å². The van der Waals surface area contributed by atoms with Crippen molar-refractivity contribution in [1.29, 1.82) is 0 Å². The van der Waals surface area contributed by atoms with Crippen LogP contribution in [0.1, 0.15) is 39.0 Å². The Morgan fingerprint density at radius 2 is 2.05 bits per heavy atom. The lowest BCUT2D eigenvalue weighted by atomic mass is 10.2. The van der Waals surface area contributed by atoms with Crippen LogP contribution in [0.25, 0.3) is 0 Å². The van der Waals surface area contributed by atoms with Gasteiger partial charge in [0.05, 0.1) is 30.7 Å². The second kappa shape index (κ2) is 8.08. The Balaban J connectivity index is 1.83. The van der Waals surface area contributed by atoms with Gasteiger partial charge in [0.25, 0.3) is 0 Å². The molecule has 1 aliphatic rings. The number of halogens is 1. The van der Waals surface area contributed by atoms with Gasteiger partial charge in [0.1, 0.15) is 0 Å². The minimum absolute atomic E-state index is 0.241. The standard InChI is InChI=1S/C16H25FN2O2/c1-2-8-21-16-11-15(14(18)10-13(16)17)19-7-9-20-12-5-3-4-6-12/h10-12,19H,2-9,18H2,1H3. The van der Waals surface area contributed by atoms with Crippen molar-refractivity contribution in [3.05, 3.63) is 17.9 Å². The molecule has 0 saturated heterocycles. The Kier molecular flexibility index (Phi) is 6.11. The Morgan fingerprint density at radius 1 is 1.29 bits per heavy atom. The summed E-state index contributed by atoms with van der Waals surface area (Å²) in [6.07, 6.45) is 6.09. The second-order valence-electron chi connectivity index (χ2n) is 5.42. The van der Waals surface area contributed by atoms with E-state index in [2.05, 4.69) is 5.32 Å². The quantitative estimate of drug-likeness (QED) is 0.569. The first kappa shape index (κ1) is 15.9. The summed E-state index contributed by atoms with van der Waals surface area (Å²) in [6.45, 7) is 3.76. The molecule has 1 aliphatic carbocycles. The molecule has 3 N–H and O–H groups in total. The zero-order valence-corrected chi connectivity index (χ0v) is 12.7. The molecule has 0 unspecified atom stereocenters. The number of rotatable bonds is 8. The molecule has 1 aromatic carbocycles. The van der Waals surface area contributed by atoms with E-state index in [9.17, 15) is 4.39 Å². The van der Waals surface area contributed by atoms with Crippen molar-refractivity contribution in [3.63, 3.8) is 0 Å². The van der Waals surface area contributed by atoms with Crippen LogP contribution in [-0.2, 0) is 4.74 Å². The van der Waals surface area contributed by atoms with E-state index >= 15 is 0 Å². The first-order valence-electron chi connectivity index (χ1n) is 7.78. The van der Waals surface area contributed by atoms with E-state index < -0.39 is 5.82 Å². The molecule has 0 amide bonds. The minimum atomic E-state index is -0.422. The lowest BCUT2D eigenvalue weighted by Gasteiger charge is -2.15. The van der Waals surface area contributed by atoms with Gasteiger partial charge < -0.3 is 20.5 Å². The molecule has 0 bridgehead atoms. The van der Waals surface area contributed by atoms with Crippen molar-refractivity contribution < 1.29 is 13.9 Å². The van der Waals surface area contributed by atoms with E-state index in [-0.39, 0.29) is 5.75 Å². The Labute approximate surface area is 125 Å². The molecule has 5 heteroatoms. The molecule has 0 aliphatic heterocycles. The Hall–Kier alpha value is -1.49. The highest BCUT2D eigenvalue weighted by atomic mass is 19.1. The third-order valence-corrected chi connectivity index (χ3v) is 3.64. The summed E-state index contributed by atoms with van der Waals surface area (Å²) in [5.41, 5.74) is 6.90. The van der Waals surface area contributed by atoms with Crippen LogP contribution in [-0.4, -0.2) is 25.9 Å². The lowest BCUT2D eigenvalue weighted by molar-refractivity contribution is 0.0659. The number of benzene rings is 1. The van der Waals surface area contributed by atoms with Crippen molar-refractivity contribution in [2.45, 2.75) is 45.1 Å². The number of hydrogen-bond donors (Lipinski definition) is 2. The maximum absolute atomic E-state index is 13.7. The monoisotopic (exact) mass is 296 g/mol. The fourth-order valence-corrected chi connectivity index (χ4v) is 2.51. The summed E-state index contributed by atoms with van der Waals surface area (Å²) in [5, 5.41) is 3.18. The lowest BCUT2D eigenvalue weighted by Crippen LogP contribution is -2.16. The third kappa shape index (κ3) is 4.77. The molecule has 2 rings (SSSR count). The molecule has 0 spiro atoms. The molecule has 0 aromatic heterocycles. The summed E-state index contributed by atoms with van der Waals surface area (Å²) in [5.74, 6) is -0.182. The number of hydrogen-bond acceptors (Lipinski definition) is 4. The van der Waals surface area contributed by atoms with Crippen molar-refractivity contribution in [3.8, 4) is 5.75 Å². The van der Waals surface area contributed by atoms with Crippen LogP contribution in [0.15, 0.2) is 12.1 Å². The second-order valence-corrected chi connectivity index (χ2v) is 5.42. The molecule has 118 valence electrons. The van der Waals surface area contributed by atoms with Gasteiger partial charge >= 0.3 is 0 Å². The highest BCUT2D eigenvalue weighted by Gasteiger charge is 2.15. The van der Waals surface area contributed by atoms with E-state index in [1.807, 2.05) is 6.92 Å². The number of ether oxygens (including phenoxy) is 2. The van der Waals surface area contributed by atoms with Gasteiger partial charge in [-0.2, -0.15) is 0 Å². The summed E-state index contributed by atoms with van der Waals surface area (Å²) < 4.78 is 24.8. The van der Waals surface area contributed by atoms with Crippen LogP contribution in [0.5, 0.6) is 5.75 Å². The van der Waals surface area contributed by atoms with Crippen molar-refractivity contribution >= 4 is 11.4 Å². The van der Waals surface area contributed by atoms with Gasteiger partial charge in [-0.15, -0.1) is 0 Å². The largest absolute Gasteiger partial charge is 0.490 e. The number of anilines is 2. The van der Waals surface area contributed by atoms with E-state index in [0.717, 1.165) is 19.3 Å². The van der Waals surface area contributed by atoms with Gasteiger partial charge in [-0.05, 0) is 19.3 Å². The maximum Gasteiger partial charge on any atom is 0.167 e. The van der Waals surface area contributed by atoms with Crippen LogP contribution in [0, 0.1) is 5.82 Å². The maximum atomic E-state index is 13.7. The van der Waals surface area contributed by atoms with Crippen LogP contribution >= 0.6 is 0 Å². The molecule has 1 fully saturated rings. The molecule has 4 nitrogen and oxygen atoms in total. The zero-order chi connectivity index (χ0) is 15.1. The number of nitrogen functional groups attached to an aromatic ring is 1. The molecule has 0 radical (unpaired) electrons. The number of nitrogens with one attached hydrogen (secondary N) is 1. The number of nitrogens with two attached hydrogens (primary N) is 1. The van der Waals surface area contributed by atoms with Gasteiger partial charge in [0.15, 0.2) is 11.6 Å². The van der Waals surface area contributed by atoms with Crippen molar-refractivity contribution in [1.82, 2.24) is 0 Å². The molecular formula is C16H25FN2O2. The fourth-order valence-electron chi connectivity index (χ4n) is 2.51. The first-order chi connectivity index (χ1) is 10.2. The molecule has 21 heavy (non-hydrogen) atoms. The summed E-state index contributed by atoms with van der Waals surface area (Å²) >= 11 is 0. The molecule has 0 heterocycles. The van der Waals surface area contributed by atoms with E-state index in [4.69, 9.17) is 15.2 Å². The minimum Gasteiger partial charge on any atom is -0.490 e. The summed E-state index contributed by atoms with van der Waals surface area (Å²) in [7, 11) is 0. The SMILES string of the molecule is CCCOc1cc(NCCOC2CCCC2)c(N)cc1F. The fraction of sp³-hybridized carbons (Fsp3) is 0.625. The highest BCUT2D eigenvalue weighted by Crippen LogP contribution is 2.28. The normalized spacial score (nSPS) is 15.3. The van der Waals surface area contributed by atoms with Crippen LogP contribution in [0.2, 0.25) is 0 Å². The molecular weight excluding hydrogens is 271 g/mol. The highest BCUT2D eigenvalue weighted by molar-refractivity contribution is 5.68. The summed E-state index contributed by atoms with van der Waals surface area (Å²) in [6, 6.07) is 2.92. The molecule has 0 atom stereocenters. The van der Waals surface area contributed by atoms with Gasteiger partial charge in [-0.3, -0.25) is 0 Å². The predicted octanol–water partition coefficient (Wildman–Crippen LogP) is 3.57. The van der Waals surface area contributed by atoms with E-state index in [1.54, 1.807) is 6.07 Å². The zero-order valence-electron chi connectivity index (χ0n) is 12.7. The first-order valence-corrected chi connectivity index (χ1v) is 7.78. The summed E-state index contributed by atoms with van der Waals surface area (Å²) in [4.78, 5) is 0. The van der Waals surface area contributed by atoms with E-state index in [0.29, 0.717) is 37.2 Å². The topological polar surface area (TPSA) is 56.5 Å². The van der Waals surface area contributed by atoms with Crippen molar-refractivity contribution in [2.24, 2.45) is 0 Å². The Bertz CT molecular complexity index is 448. The predicted molar refractivity (Wildman–Crippen MR) is 83.3 cm³/mol. The van der Waals surface area contributed by atoms with Crippen LogP contribution in [0.4, 0.5) is 15.8 Å². The molecule has 1 saturated carbocycles. The van der Waals surface area contributed by atoms with Gasteiger partial charge in [0.2, 0.25) is 0 Å². The van der Waals surface area contributed by atoms with Gasteiger partial charge in [-0.25, -0.2) is 4.39 Å². The van der Waals surface area contributed by atoms with Gasteiger partial charge in [-0.1, -0.05) is 19.8 Å². The average molecular weight is 296 g/mol. The smallest absolute Gasteiger partial charge is 0.167 e.